The molecule has 0 aliphatic carbocycles. The molecule has 0 bridgehead atoms. The summed E-state index contributed by atoms with van der Waals surface area (Å²) in [5.41, 5.74) is 3.03. The summed E-state index contributed by atoms with van der Waals surface area (Å²) < 4.78 is 7.43. The van der Waals surface area contributed by atoms with Crippen LogP contribution in [0.1, 0.15) is 29.9 Å². The van der Waals surface area contributed by atoms with Crippen LogP contribution in [0.15, 0.2) is 24.7 Å². The van der Waals surface area contributed by atoms with E-state index in [0.717, 1.165) is 29.9 Å². The van der Waals surface area contributed by atoms with Gasteiger partial charge in [-0.25, -0.2) is 0 Å². The van der Waals surface area contributed by atoms with Crippen LogP contribution in [0.5, 0.6) is 0 Å². The Balaban J connectivity index is 1.57. The molecule has 0 aromatic carbocycles. The lowest BCUT2D eigenvalue weighted by Crippen LogP contribution is -2.49. The Morgan fingerprint density at radius 3 is 2.88 bits per heavy atom. The zero-order valence-electron chi connectivity index (χ0n) is 14.9. The Morgan fingerprint density at radius 1 is 1.28 bits per heavy atom. The minimum Gasteiger partial charge on any atom is -0.377 e. The maximum atomic E-state index is 12.7. The number of morpholine rings is 1. The van der Waals surface area contributed by atoms with E-state index in [1.165, 1.54) is 0 Å². The Hall–Kier alpha value is -2.28. The van der Waals surface area contributed by atoms with E-state index in [1.54, 1.807) is 18.6 Å². The first-order chi connectivity index (χ1) is 12.1. The minimum atomic E-state index is 0.106. The number of nitrogens with zero attached hydrogens (tertiary/aromatic N) is 5. The largest absolute Gasteiger partial charge is 0.377 e. The molecular weight excluding hydrogens is 318 g/mol. The molecule has 1 aliphatic heterocycles. The molecule has 0 saturated carbocycles. The number of carbonyl (C=O) groups excluding carboxylic acids is 1. The van der Waals surface area contributed by atoms with Crippen molar-refractivity contribution in [3.05, 3.63) is 41.7 Å². The highest BCUT2D eigenvalue weighted by molar-refractivity contribution is 5.76. The number of ether oxygens (including phenoxy) is 1. The standard InChI is InChI=1S/C18H25N5O2/c1-14-17(20-10-9-19-14)5-3-16-13-25-12-11-23(16)18(24)6-4-15-7-8-21-22(15)2/h7-10,16H,3-6,11-13H2,1-2H3/t16-/m1/s1. The van der Waals surface area contributed by atoms with Crippen molar-refractivity contribution in [2.45, 2.75) is 38.6 Å². The van der Waals surface area contributed by atoms with Crippen LogP contribution in [-0.4, -0.2) is 56.4 Å². The average Bonchev–Trinajstić information content (AvgIpc) is 3.04. The smallest absolute Gasteiger partial charge is 0.223 e. The van der Waals surface area contributed by atoms with Gasteiger partial charge in [-0.15, -0.1) is 0 Å². The quantitative estimate of drug-likeness (QED) is 0.791. The van der Waals surface area contributed by atoms with Crippen LogP contribution < -0.4 is 0 Å². The Kier molecular flexibility index (Phi) is 5.75. The van der Waals surface area contributed by atoms with Gasteiger partial charge in [0.1, 0.15) is 0 Å². The van der Waals surface area contributed by atoms with Crippen LogP contribution in [0.25, 0.3) is 0 Å². The molecule has 0 N–H and O–H groups in total. The van der Waals surface area contributed by atoms with Gasteiger partial charge in [0.25, 0.3) is 0 Å². The molecule has 1 amide bonds. The second-order valence-corrected chi connectivity index (χ2v) is 6.39. The number of aryl methyl sites for hydroxylation is 4. The number of hydrogen-bond acceptors (Lipinski definition) is 5. The second-order valence-electron chi connectivity index (χ2n) is 6.39. The fourth-order valence-electron chi connectivity index (χ4n) is 3.23. The van der Waals surface area contributed by atoms with Crippen LogP contribution >= 0.6 is 0 Å². The van der Waals surface area contributed by atoms with Crippen LogP contribution in [0, 0.1) is 6.92 Å². The lowest BCUT2D eigenvalue weighted by atomic mass is 10.1. The Bertz CT molecular complexity index is 715. The summed E-state index contributed by atoms with van der Waals surface area (Å²) in [6.07, 6.45) is 8.05. The third-order valence-electron chi connectivity index (χ3n) is 4.76. The topological polar surface area (TPSA) is 73.1 Å². The maximum Gasteiger partial charge on any atom is 0.223 e. The van der Waals surface area contributed by atoms with Gasteiger partial charge in [-0.3, -0.25) is 19.4 Å². The summed E-state index contributed by atoms with van der Waals surface area (Å²) >= 11 is 0. The summed E-state index contributed by atoms with van der Waals surface area (Å²) in [6, 6.07) is 2.06. The van der Waals surface area contributed by atoms with E-state index < -0.39 is 0 Å². The summed E-state index contributed by atoms with van der Waals surface area (Å²) in [6.45, 7) is 3.83. The molecular formula is C18H25N5O2. The second kappa shape index (κ2) is 8.20. The molecule has 0 spiro atoms. The molecule has 2 aromatic rings. The summed E-state index contributed by atoms with van der Waals surface area (Å²) in [5, 5.41) is 4.15. The lowest BCUT2D eigenvalue weighted by Gasteiger charge is -2.36. The zero-order chi connectivity index (χ0) is 17.6. The Labute approximate surface area is 148 Å². The number of rotatable bonds is 6. The molecule has 7 heteroatoms. The summed E-state index contributed by atoms with van der Waals surface area (Å²) in [7, 11) is 1.90. The molecule has 134 valence electrons. The van der Waals surface area contributed by atoms with Crippen molar-refractivity contribution >= 4 is 5.91 Å². The highest BCUT2D eigenvalue weighted by Crippen LogP contribution is 2.16. The van der Waals surface area contributed by atoms with Gasteiger partial charge in [-0.2, -0.15) is 5.10 Å². The predicted molar refractivity (Wildman–Crippen MR) is 92.9 cm³/mol. The van der Waals surface area contributed by atoms with E-state index in [2.05, 4.69) is 15.1 Å². The molecule has 2 aromatic heterocycles. The lowest BCUT2D eigenvalue weighted by molar-refractivity contribution is -0.140. The Morgan fingerprint density at radius 2 is 2.12 bits per heavy atom. The predicted octanol–water partition coefficient (Wildman–Crippen LogP) is 1.31. The van der Waals surface area contributed by atoms with E-state index >= 15 is 0 Å². The third-order valence-corrected chi connectivity index (χ3v) is 4.76. The molecule has 25 heavy (non-hydrogen) atoms. The van der Waals surface area contributed by atoms with E-state index in [9.17, 15) is 4.79 Å². The highest BCUT2D eigenvalue weighted by Gasteiger charge is 2.27. The molecule has 3 heterocycles. The number of carbonyl (C=O) groups is 1. The van der Waals surface area contributed by atoms with Crippen LogP contribution in [-0.2, 0) is 29.4 Å². The van der Waals surface area contributed by atoms with Gasteiger partial charge < -0.3 is 9.64 Å². The van der Waals surface area contributed by atoms with Crippen molar-refractivity contribution in [3.63, 3.8) is 0 Å². The first kappa shape index (κ1) is 17.5. The first-order valence-corrected chi connectivity index (χ1v) is 8.75. The van der Waals surface area contributed by atoms with Gasteiger partial charge >= 0.3 is 0 Å². The first-order valence-electron chi connectivity index (χ1n) is 8.75. The fourth-order valence-corrected chi connectivity index (χ4v) is 3.23. The fraction of sp³-hybridized carbons (Fsp3) is 0.556. The molecule has 7 nitrogen and oxygen atoms in total. The number of amides is 1. The molecule has 3 rings (SSSR count). The van der Waals surface area contributed by atoms with Gasteiger partial charge in [0.2, 0.25) is 5.91 Å². The maximum absolute atomic E-state index is 12.7. The molecule has 0 radical (unpaired) electrons. The molecule has 1 aliphatic rings. The van der Waals surface area contributed by atoms with Crippen molar-refractivity contribution in [3.8, 4) is 0 Å². The van der Waals surface area contributed by atoms with Crippen molar-refractivity contribution in [2.24, 2.45) is 7.05 Å². The van der Waals surface area contributed by atoms with Crippen LogP contribution in [0.2, 0.25) is 0 Å². The average molecular weight is 343 g/mol. The molecule has 1 saturated heterocycles. The molecule has 1 fully saturated rings. The molecule has 1 atom stereocenters. The SMILES string of the molecule is Cc1nccnc1CC[C@@H]1COCCN1C(=O)CCc1ccnn1C. The highest BCUT2D eigenvalue weighted by atomic mass is 16.5. The normalized spacial score (nSPS) is 17.7. The van der Waals surface area contributed by atoms with E-state index in [4.69, 9.17) is 4.74 Å². The van der Waals surface area contributed by atoms with Gasteiger partial charge in [-0.1, -0.05) is 0 Å². The summed E-state index contributed by atoms with van der Waals surface area (Å²) in [5.74, 6) is 0.186. The van der Waals surface area contributed by atoms with Crippen LogP contribution in [0.4, 0.5) is 0 Å². The van der Waals surface area contributed by atoms with E-state index in [0.29, 0.717) is 32.6 Å². The monoisotopic (exact) mass is 343 g/mol. The summed E-state index contributed by atoms with van der Waals surface area (Å²) in [4.78, 5) is 23.4. The van der Waals surface area contributed by atoms with E-state index in [-0.39, 0.29) is 11.9 Å². The van der Waals surface area contributed by atoms with Crippen molar-refractivity contribution in [1.82, 2.24) is 24.6 Å². The third kappa shape index (κ3) is 4.42. The van der Waals surface area contributed by atoms with Crippen molar-refractivity contribution in [1.29, 1.82) is 0 Å². The number of aromatic nitrogens is 4. The minimum absolute atomic E-state index is 0.106. The van der Waals surface area contributed by atoms with Gasteiger partial charge in [0.05, 0.1) is 30.6 Å². The van der Waals surface area contributed by atoms with Crippen molar-refractivity contribution in [2.75, 3.05) is 19.8 Å². The van der Waals surface area contributed by atoms with Gasteiger partial charge in [0, 0.05) is 44.3 Å². The van der Waals surface area contributed by atoms with E-state index in [1.807, 2.05) is 29.6 Å². The van der Waals surface area contributed by atoms with Gasteiger partial charge in [-0.05, 0) is 32.3 Å². The van der Waals surface area contributed by atoms with Crippen molar-refractivity contribution < 1.29 is 9.53 Å². The van der Waals surface area contributed by atoms with Crippen LogP contribution in [0.3, 0.4) is 0 Å². The van der Waals surface area contributed by atoms with Gasteiger partial charge in [0.15, 0.2) is 0 Å². The zero-order valence-corrected chi connectivity index (χ0v) is 14.9. The number of hydrogen-bond donors (Lipinski definition) is 0. The molecule has 0 unspecified atom stereocenters.